The van der Waals surface area contributed by atoms with Gasteiger partial charge in [-0.3, -0.25) is 4.99 Å². The fraction of sp³-hybridized carbons (Fsp3) is 0.588. The van der Waals surface area contributed by atoms with Gasteiger partial charge in [0.15, 0.2) is 5.96 Å². The number of benzene rings is 1. The molecule has 0 aliphatic rings. The van der Waals surface area contributed by atoms with E-state index in [4.69, 9.17) is 11.6 Å². The van der Waals surface area contributed by atoms with Crippen molar-refractivity contribution in [2.45, 2.75) is 27.2 Å². The molecule has 0 bridgehead atoms. The van der Waals surface area contributed by atoms with Gasteiger partial charge in [-0.05, 0) is 31.0 Å². The highest BCUT2D eigenvalue weighted by atomic mass is 127. The molecule has 0 amide bonds. The van der Waals surface area contributed by atoms with Crippen LogP contribution in [0, 0.1) is 0 Å². The quantitative estimate of drug-likeness (QED) is 0.285. The monoisotopic (exact) mass is 516 g/mol. The molecule has 26 heavy (non-hydrogen) atoms. The van der Waals surface area contributed by atoms with E-state index in [1.165, 1.54) is 4.31 Å². The smallest absolute Gasteiger partial charge is 0.215 e. The van der Waals surface area contributed by atoms with Gasteiger partial charge >= 0.3 is 0 Å². The third-order valence-electron chi connectivity index (χ3n) is 3.66. The highest BCUT2D eigenvalue weighted by Gasteiger charge is 2.17. The van der Waals surface area contributed by atoms with Gasteiger partial charge in [-0.2, -0.15) is 0 Å². The first kappa shape index (κ1) is 25.4. The molecule has 0 fully saturated rings. The first-order valence-electron chi connectivity index (χ1n) is 8.67. The van der Waals surface area contributed by atoms with Gasteiger partial charge in [-0.15, -0.1) is 24.0 Å². The molecule has 0 aromatic heterocycles. The molecule has 0 heterocycles. The van der Waals surface area contributed by atoms with E-state index in [1.807, 2.05) is 45.0 Å². The second kappa shape index (κ2) is 13.6. The molecule has 1 aromatic rings. The maximum Gasteiger partial charge on any atom is 0.215 e. The van der Waals surface area contributed by atoms with Gasteiger partial charge in [0, 0.05) is 31.2 Å². The molecular weight excluding hydrogens is 487 g/mol. The van der Waals surface area contributed by atoms with Crippen molar-refractivity contribution < 1.29 is 8.42 Å². The predicted molar refractivity (Wildman–Crippen MR) is 121 cm³/mol. The molecule has 0 radical (unpaired) electrons. The van der Waals surface area contributed by atoms with E-state index in [0.717, 1.165) is 17.0 Å². The molecule has 150 valence electrons. The fourth-order valence-corrected chi connectivity index (χ4v) is 3.96. The largest absolute Gasteiger partial charge is 0.357 e. The van der Waals surface area contributed by atoms with E-state index in [0.29, 0.717) is 32.1 Å². The van der Waals surface area contributed by atoms with Crippen LogP contribution in [0.25, 0.3) is 0 Å². The predicted octanol–water partition coefficient (Wildman–Crippen LogP) is 2.73. The van der Waals surface area contributed by atoms with Crippen molar-refractivity contribution in [3.05, 3.63) is 34.9 Å². The minimum absolute atomic E-state index is 0. The number of nitrogens with zero attached hydrogens (tertiary/aromatic N) is 2. The summed E-state index contributed by atoms with van der Waals surface area (Å²) < 4.78 is 25.8. The Kier molecular flexibility index (Phi) is 13.3. The van der Waals surface area contributed by atoms with Crippen LogP contribution in [0.4, 0.5) is 0 Å². The molecule has 6 nitrogen and oxygen atoms in total. The SMILES string of the molecule is CCNC(=NCCS(=O)(=O)N(CC)CC)NCCc1cccc(Cl)c1.I. The standard InChI is InChI=1S/C17H29ClN4O2S.HI/c1-4-19-17(20-11-10-15-8-7-9-16(18)14-15)21-12-13-25(23,24)22(5-2)6-3;/h7-9,14H,4-6,10-13H2,1-3H3,(H2,19,20,21);1H. The second-order valence-electron chi connectivity index (χ2n) is 5.47. The summed E-state index contributed by atoms with van der Waals surface area (Å²) in [4.78, 5) is 4.36. The number of guanidine groups is 1. The molecule has 0 unspecified atom stereocenters. The van der Waals surface area contributed by atoms with Crippen LogP contribution < -0.4 is 10.6 Å². The Morgan fingerprint density at radius 1 is 1.19 bits per heavy atom. The lowest BCUT2D eigenvalue weighted by molar-refractivity contribution is 0.445. The van der Waals surface area contributed by atoms with Gasteiger partial charge in [-0.1, -0.05) is 37.6 Å². The van der Waals surface area contributed by atoms with E-state index < -0.39 is 10.0 Å². The Balaban J connectivity index is 0.00000625. The van der Waals surface area contributed by atoms with E-state index in [9.17, 15) is 8.42 Å². The third-order valence-corrected chi connectivity index (χ3v) is 5.89. The number of aliphatic imine (C=N–C) groups is 1. The number of hydrogen-bond donors (Lipinski definition) is 2. The Labute approximate surface area is 179 Å². The molecule has 0 spiro atoms. The van der Waals surface area contributed by atoms with Crippen molar-refractivity contribution in [1.29, 1.82) is 0 Å². The highest BCUT2D eigenvalue weighted by Crippen LogP contribution is 2.10. The average molecular weight is 517 g/mol. The van der Waals surface area contributed by atoms with Crippen LogP contribution in [0.5, 0.6) is 0 Å². The van der Waals surface area contributed by atoms with Crippen LogP contribution in [0.1, 0.15) is 26.3 Å². The molecule has 0 saturated heterocycles. The molecule has 9 heteroatoms. The maximum atomic E-state index is 12.2. The van der Waals surface area contributed by atoms with Crippen molar-refractivity contribution in [2.24, 2.45) is 4.99 Å². The second-order valence-corrected chi connectivity index (χ2v) is 7.99. The van der Waals surface area contributed by atoms with Gasteiger partial charge in [0.2, 0.25) is 10.0 Å². The van der Waals surface area contributed by atoms with Crippen LogP contribution in [-0.2, 0) is 16.4 Å². The molecular formula is C17H30ClIN4O2S. The molecule has 1 rings (SSSR count). The Hall–Kier alpha value is -0.580. The molecule has 0 saturated carbocycles. The van der Waals surface area contributed by atoms with Gasteiger partial charge in [0.25, 0.3) is 0 Å². The summed E-state index contributed by atoms with van der Waals surface area (Å²) >= 11 is 5.98. The summed E-state index contributed by atoms with van der Waals surface area (Å²) in [6.45, 7) is 8.26. The molecule has 2 N–H and O–H groups in total. The summed E-state index contributed by atoms with van der Waals surface area (Å²) in [7, 11) is -3.25. The van der Waals surface area contributed by atoms with E-state index in [2.05, 4.69) is 15.6 Å². The average Bonchev–Trinajstić information content (AvgIpc) is 2.55. The normalized spacial score (nSPS) is 12.0. The van der Waals surface area contributed by atoms with Crippen molar-refractivity contribution in [1.82, 2.24) is 14.9 Å². The first-order valence-corrected chi connectivity index (χ1v) is 10.7. The Morgan fingerprint density at radius 3 is 2.46 bits per heavy atom. The minimum atomic E-state index is -3.25. The van der Waals surface area contributed by atoms with Crippen molar-refractivity contribution in [2.75, 3.05) is 38.5 Å². The minimum Gasteiger partial charge on any atom is -0.357 e. The third kappa shape index (κ3) is 9.38. The molecule has 0 atom stereocenters. The highest BCUT2D eigenvalue weighted by molar-refractivity contribution is 14.0. The lowest BCUT2D eigenvalue weighted by atomic mass is 10.1. The lowest BCUT2D eigenvalue weighted by Gasteiger charge is -2.18. The van der Waals surface area contributed by atoms with Crippen LogP contribution in [0.2, 0.25) is 5.02 Å². The number of nitrogens with one attached hydrogen (secondary N) is 2. The topological polar surface area (TPSA) is 73.8 Å². The van der Waals surface area contributed by atoms with E-state index in [-0.39, 0.29) is 36.3 Å². The molecule has 1 aromatic carbocycles. The Bertz CT molecular complexity index is 652. The number of hydrogen-bond acceptors (Lipinski definition) is 3. The van der Waals surface area contributed by atoms with Crippen molar-refractivity contribution in [3.63, 3.8) is 0 Å². The van der Waals surface area contributed by atoms with Crippen LogP contribution in [-0.4, -0.2) is 57.2 Å². The zero-order valence-electron chi connectivity index (χ0n) is 15.7. The molecule has 0 aliphatic heterocycles. The van der Waals surface area contributed by atoms with Gasteiger partial charge in [-0.25, -0.2) is 12.7 Å². The summed E-state index contributed by atoms with van der Waals surface area (Å²) in [5.41, 5.74) is 1.14. The summed E-state index contributed by atoms with van der Waals surface area (Å²) in [5, 5.41) is 7.07. The maximum absolute atomic E-state index is 12.2. The van der Waals surface area contributed by atoms with Crippen LogP contribution >= 0.6 is 35.6 Å². The zero-order chi connectivity index (χ0) is 18.7. The lowest BCUT2D eigenvalue weighted by Crippen LogP contribution is -2.39. The van der Waals surface area contributed by atoms with Gasteiger partial charge in [0.05, 0.1) is 12.3 Å². The number of halogens is 2. The number of sulfonamides is 1. The summed E-state index contributed by atoms with van der Waals surface area (Å²) in [6.07, 6.45) is 0.808. The van der Waals surface area contributed by atoms with Crippen molar-refractivity contribution >= 4 is 51.6 Å². The van der Waals surface area contributed by atoms with Gasteiger partial charge < -0.3 is 10.6 Å². The fourth-order valence-electron chi connectivity index (χ4n) is 2.38. The first-order chi connectivity index (χ1) is 11.9. The summed E-state index contributed by atoms with van der Waals surface area (Å²) in [6, 6.07) is 7.73. The van der Waals surface area contributed by atoms with Gasteiger partial charge in [0.1, 0.15) is 0 Å². The zero-order valence-corrected chi connectivity index (χ0v) is 19.6. The van der Waals surface area contributed by atoms with E-state index in [1.54, 1.807) is 0 Å². The van der Waals surface area contributed by atoms with E-state index >= 15 is 0 Å². The summed E-state index contributed by atoms with van der Waals surface area (Å²) in [5.74, 6) is 0.638. The molecule has 0 aliphatic carbocycles. The number of rotatable bonds is 10. The Morgan fingerprint density at radius 2 is 1.88 bits per heavy atom. The van der Waals surface area contributed by atoms with Crippen LogP contribution in [0.3, 0.4) is 0 Å². The van der Waals surface area contributed by atoms with Crippen molar-refractivity contribution in [3.8, 4) is 0 Å². The van der Waals surface area contributed by atoms with Crippen LogP contribution in [0.15, 0.2) is 29.3 Å².